The molecule has 2 aliphatic rings. The van der Waals surface area contributed by atoms with Crippen LogP contribution >= 0.6 is 0 Å². The number of carbonyl (C=O) groups is 1. The van der Waals surface area contributed by atoms with E-state index in [2.05, 4.69) is 36.5 Å². The van der Waals surface area contributed by atoms with Crippen molar-refractivity contribution in [3.05, 3.63) is 35.9 Å². The highest BCUT2D eigenvalue weighted by molar-refractivity contribution is 5.74. The van der Waals surface area contributed by atoms with Gasteiger partial charge in [-0.25, -0.2) is 4.79 Å². The van der Waals surface area contributed by atoms with Crippen molar-refractivity contribution < 1.29 is 9.53 Å². The minimum absolute atomic E-state index is 0.00813. The first kappa shape index (κ1) is 16.3. The second kappa shape index (κ2) is 7.35. The Morgan fingerprint density at radius 2 is 2.00 bits per heavy atom. The number of piperidine rings is 1. The number of nitrogens with zero attached hydrogens (tertiary/aromatic N) is 1. The summed E-state index contributed by atoms with van der Waals surface area (Å²) < 4.78 is 5.56. The molecule has 0 aromatic heterocycles. The molecule has 0 aliphatic carbocycles. The van der Waals surface area contributed by atoms with Gasteiger partial charge in [-0.1, -0.05) is 30.3 Å². The molecule has 1 aromatic carbocycles. The molecule has 0 spiro atoms. The molecule has 2 aliphatic heterocycles. The molecule has 2 heterocycles. The number of amides is 2. The van der Waals surface area contributed by atoms with Gasteiger partial charge in [-0.3, -0.25) is 0 Å². The van der Waals surface area contributed by atoms with E-state index in [-0.39, 0.29) is 11.4 Å². The number of rotatable bonds is 3. The molecule has 2 amide bonds. The summed E-state index contributed by atoms with van der Waals surface area (Å²) in [5.41, 5.74) is 1.32. The summed E-state index contributed by atoms with van der Waals surface area (Å²) in [7, 11) is 0. The average molecular weight is 316 g/mol. The summed E-state index contributed by atoms with van der Waals surface area (Å²) in [6.45, 7) is 5.27. The van der Waals surface area contributed by atoms with Gasteiger partial charge >= 0.3 is 6.03 Å². The van der Waals surface area contributed by atoms with Gasteiger partial charge in [0.05, 0.1) is 0 Å². The third-order valence-electron chi connectivity index (χ3n) is 5.48. The lowest BCUT2D eigenvalue weighted by molar-refractivity contribution is 0.0496. The molecular formula is C19H28N2O2. The number of benzene rings is 1. The second-order valence-electron chi connectivity index (χ2n) is 6.96. The van der Waals surface area contributed by atoms with Crippen molar-refractivity contribution in [1.82, 2.24) is 10.2 Å². The fraction of sp³-hybridized carbons (Fsp3) is 0.632. The molecular weight excluding hydrogens is 288 g/mol. The van der Waals surface area contributed by atoms with Gasteiger partial charge in [0, 0.05) is 37.8 Å². The molecule has 126 valence electrons. The maximum absolute atomic E-state index is 12.6. The molecule has 0 radical (unpaired) electrons. The molecule has 0 saturated carbocycles. The topological polar surface area (TPSA) is 41.6 Å². The van der Waals surface area contributed by atoms with E-state index < -0.39 is 0 Å². The van der Waals surface area contributed by atoms with Crippen molar-refractivity contribution in [3.8, 4) is 0 Å². The van der Waals surface area contributed by atoms with Crippen LogP contribution < -0.4 is 5.32 Å². The molecule has 23 heavy (non-hydrogen) atoms. The van der Waals surface area contributed by atoms with E-state index in [1.54, 1.807) is 0 Å². The van der Waals surface area contributed by atoms with Gasteiger partial charge in [-0.05, 0) is 44.6 Å². The van der Waals surface area contributed by atoms with Crippen LogP contribution in [0.15, 0.2) is 30.3 Å². The van der Waals surface area contributed by atoms with E-state index in [1.807, 2.05) is 11.0 Å². The molecule has 1 atom stereocenters. The highest BCUT2D eigenvalue weighted by Crippen LogP contribution is 2.34. The van der Waals surface area contributed by atoms with E-state index in [4.69, 9.17) is 4.74 Å². The minimum atomic E-state index is 0.00813. The Hall–Kier alpha value is -1.55. The highest BCUT2D eigenvalue weighted by Gasteiger charge is 2.35. The Morgan fingerprint density at radius 3 is 2.70 bits per heavy atom. The van der Waals surface area contributed by atoms with Crippen LogP contribution in [0.25, 0.3) is 0 Å². The molecule has 1 unspecified atom stereocenters. The lowest BCUT2D eigenvalue weighted by Gasteiger charge is -2.39. The molecule has 1 N–H and O–H groups in total. The highest BCUT2D eigenvalue weighted by atomic mass is 16.5. The Bertz CT molecular complexity index is 511. The summed E-state index contributed by atoms with van der Waals surface area (Å²) in [5.74, 6) is 0. The number of urea groups is 1. The predicted octanol–water partition coefficient (Wildman–Crippen LogP) is 3.32. The van der Waals surface area contributed by atoms with Crippen LogP contribution in [0.3, 0.4) is 0 Å². The van der Waals surface area contributed by atoms with Crippen molar-refractivity contribution in [2.24, 2.45) is 0 Å². The van der Waals surface area contributed by atoms with Gasteiger partial charge in [0.1, 0.15) is 0 Å². The number of carbonyl (C=O) groups excluding carboxylic acids is 1. The second-order valence-corrected chi connectivity index (χ2v) is 6.96. The third kappa shape index (κ3) is 3.69. The normalized spacial score (nSPS) is 24.2. The first-order chi connectivity index (χ1) is 11.2. The molecule has 0 bridgehead atoms. The SMILES string of the molecule is CC1CCCCN1C(=O)NCC1(c2ccccc2)CCOCC1. The standard InChI is InChI=1S/C19H28N2O2/c1-16-7-5-6-12-21(16)18(22)20-15-19(10-13-23-14-11-19)17-8-3-2-4-9-17/h2-4,8-9,16H,5-7,10-15H2,1H3,(H,20,22). The van der Waals surface area contributed by atoms with Crippen molar-refractivity contribution >= 4 is 6.03 Å². The summed E-state index contributed by atoms with van der Waals surface area (Å²) in [5, 5.41) is 3.22. The number of hydrogen-bond donors (Lipinski definition) is 1. The zero-order valence-electron chi connectivity index (χ0n) is 14.1. The summed E-state index contributed by atoms with van der Waals surface area (Å²) in [6, 6.07) is 11.0. The summed E-state index contributed by atoms with van der Waals surface area (Å²) >= 11 is 0. The summed E-state index contributed by atoms with van der Waals surface area (Å²) in [6.07, 6.45) is 5.40. The van der Waals surface area contributed by atoms with E-state index in [1.165, 1.54) is 12.0 Å². The van der Waals surface area contributed by atoms with Crippen LogP contribution in [0, 0.1) is 0 Å². The van der Waals surface area contributed by atoms with Gasteiger partial charge in [-0.15, -0.1) is 0 Å². The molecule has 4 heteroatoms. The lowest BCUT2D eigenvalue weighted by Crippen LogP contribution is -2.51. The molecule has 4 nitrogen and oxygen atoms in total. The number of hydrogen-bond acceptors (Lipinski definition) is 2. The molecule has 2 saturated heterocycles. The van der Waals surface area contributed by atoms with Crippen LogP contribution in [0.5, 0.6) is 0 Å². The first-order valence-corrected chi connectivity index (χ1v) is 8.89. The number of nitrogens with one attached hydrogen (secondary N) is 1. The molecule has 1 aromatic rings. The quantitative estimate of drug-likeness (QED) is 0.929. The monoisotopic (exact) mass is 316 g/mol. The van der Waals surface area contributed by atoms with Gasteiger partial charge in [0.15, 0.2) is 0 Å². The van der Waals surface area contributed by atoms with Crippen molar-refractivity contribution in [2.75, 3.05) is 26.3 Å². The lowest BCUT2D eigenvalue weighted by atomic mass is 9.74. The van der Waals surface area contributed by atoms with Crippen LogP contribution in [-0.4, -0.2) is 43.3 Å². The zero-order valence-corrected chi connectivity index (χ0v) is 14.1. The predicted molar refractivity (Wildman–Crippen MR) is 91.6 cm³/mol. The van der Waals surface area contributed by atoms with Crippen molar-refractivity contribution in [3.63, 3.8) is 0 Å². The van der Waals surface area contributed by atoms with Crippen LogP contribution in [0.2, 0.25) is 0 Å². The average Bonchev–Trinajstić information content (AvgIpc) is 2.62. The fourth-order valence-electron chi connectivity index (χ4n) is 3.87. The van der Waals surface area contributed by atoms with Gasteiger partial charge < -0.3 is 15.0 Å². The van der Waals surface area contributed by atoms with Crippen LogP contribution in [0.1, 0.15) is 44.6 Å². The van der Waals surface area contributed by atoms with Gasteiger partial charge in [0.2, 0.25) is 0 Å². The Kier molecular flexibility index (Phi) is 5.21. The van der Waals surface area contributed by atoms with E-state index in [0.29, 0.717) is 12.6 Å². The Morgan fingerprint density at radius 1 is 1.26 bits per heavy atom. The Labute approximate surface area is 139 Å². The fourth-order valence-corrected chi connectivity index (χ4v) is 3.87. The maximum atomic E-state index is 12.6. The third-order valence-corrected chi connectivity index (χ3v) is 5.48. The van der Waals surface area contributed by atoms with Gasteiger partial charge in [-0.2, -0.15) is 0 Å². The van der Waals surface area contributed by atoms with Crippen LogP contribution in [-0.2, 0) is 10.2 Å². The smallest absolute Gasteiger partial charge is 0.317 e. The van der Waals surface area contributed by atoms with Crippen molar-refractivity contribution in [1.29, 1.82) is 0 Å². The van der Waals surface area contributed by atoms with Crippen LogP contribution in [0.4, 0.5) is 4.79 Å². The van der Waals surface area contributed by atoms with E-state index in [9.17, 15) is 4.79 Å². The maximum Gasteiger partial charge on any atom is 0.317 e. The van der Waals surface area contributed by atoms with Crippen molar-refractivity contribution in [2.45, 2.75) is 50.5 Å². The zero-order chi connectivity index (χ0) is 16.1. The minimum Gasteiger partial charge on any atom is -0.381 e. The number of ether oxygens (including phenoxy) is 1. The Balaban J connectivity index is 1.68. The number of likely N-dealkylation sites (tertiary alicyclic amines) is 1. The molecule has 3 rings (SSSR count). The van der Waals surface area contributed by atoms with E-state index >= 15 is 0 Å². The largest absolute Gasteiger partial charge is 0.381 e. The molecule has 2 fully saturated rings. The summed E-state index contributed by atoms with van der Waals surface area (Å²) in [4.78, 5) is 14.6. The van der Waals surface area contributed by atoms with Gasteiger partial charge in [0.25, 0.3) is 0 Å². The van der Waals surface area contributed by atoms with E-state index in [0.717, 1.165) is 45.4 Å². The first-order valence-electron chi connectivity index (χ1n) is 8.89.